The molecular formula is C16H22N2O3. The van der Waals surface area contributed by atoms with Crippen molar-refractivity contribution in [3.8, 4) is 11.5 Å². The van der Waals surface area contributed by atoms with Crippen molar-refractivity contribution in [3.63, 3.8) is 0 Å². The maximum Gasteiger partial charge on any atom is 0.267 e. The minimum Gasteiger partial charge on any atom is -0.485 e. The van der Waals surface area contributed by atoms with Gasteiger partial charge in [-0.2, -0.15) is 0 Å². The largest absolute Gasteiger partial charge is 0.485 e. The Balaban J connectivity index is 1.58. The Hall–Kier alpha value is -1.75. The summed E-state index contributed by atoms with van der Waals surface area (Å²) in [7, 11) is 1.84. The summed E-state index contributed by atoms with van der Waals surface area (Å²) in [5, 5.41) is 3.46. The van der Waals surface area contributed by atoms with Gasteiger partial charge in [0.15, 0.2) is 11.5 Å². The van der Waals surface area contributed by atoms with Crippen LogP contribution in [-0.2, 0) is 4.79 Å². The number of ether oxygens (including phenoxy) is 2. The first-order valence-electron chi connectivity index (χ1n) is 7.61. The van der Waals surface area contributed by atoms with Crippen LogP contribution in [0.3, 0.4) is 0 Å². The first-order valence-corrected chi connectivity index (χ1v) is 7.61. The first-order chi connectivity index (χ1) is 10.2. The zero-order valence-electron chi connectivity index (χ0n) is 12.4. The van der Waals surface area contributed by atoms with Crippen LogP contribution in [0.15, 0.2) is 24.3 Å². The number of nitrogens with zero attached hydrogens (tertiary/aromatic N) is 1. The monoisotopic (exact) mass is 290 g/mol. The van der Waals surface area contributed by atoms with E-state index in [1.807, 2.05) is 31.3 Å². The molecule has 1 aromatic rings. The van der Waals surface area contributed by atoms with Gasteiger partial charge in [-0.1, -0.05) is 18.6 Å². The molecule has 5 heteroatoms. The molecule has 0 spiro atoms. The molecule has 2 atom stereocenters. The minimum atomic E-state index is -0.548. The van der Waals surface area contributed by atoms with Gasteiger partial charge >= 0.3 is 0 Å². The third-order valence-corrected chi connectivity index (χ3v) is 4.07. The van der Waals surface area contributed by atoms with E-state index in [9.17, 15) is 4.79 Å². The van der Waals surface area contributed by atoms with Gasteiger partial charge in [0.2, 0.25) is 6.10 Å². The van der Waals surface area contributed by atoms with E-state index in [4.69, 9.17) is 9.47 Å². The van der Waals surface area contributed by atoms with Crippen LogP contribution < -0.4 is 14.8 Å². The van der Waals surface area contributed by atoms with Gasteiger partial charge in [-0.25, -0.2) is 0 Å². The van der Waals surface area contributed by atoms with Crippen molar-refractivity contribution < 1.29 is 14.3 Å². The summed E-state index contributed by atoms with van der Waals surface area (Å²) in [5.41, 5.74) is 0. The molecule has 0 radical (unpaired) electrons. The zero-order valence-corrected chi connectivity index (χ0v) is 12.4. The Bertz CT molecular complexity index is 500. The lowest BCUT2D eigenvalue weighted by Crippen LogP contribution is -2.50. The molecule has 114 valence electrons. The van der Waals surface area contributed by atoms with Gasteiger partial charge in [-0.3, -0.25) is 4.79 Å². The van der Waals surface area contributed by atoms with E-state index < -0.39 is 6.10 Å². The third-order valence-electron chi connectivity index (χ3n) is 4.07. The van der Waals surface area contributed by atoms with Crippen molar-refractivity contribution in [2.75, 3.05) is 26.7 Å². The summed E-state index contributed by atoms with van der Waals surface area (Å²) in [5.74, 6) is 1.33. The van der Waals surface area contributed by atoms with Gasteiger partial charge in [-0.15, -0.1) is 0 Å². The molecule has 0 unspecified atom stereocenters. The highest BCUT2D eigenvalue weighted by molar-refractivity contribution is 5.81. The summed E-state index contributed by atoms with van der Waals surface area (Å²) in [6, 6.07) is 7.85. The lowest BCUT2D eigenvalue weighted by molar-refractivity contribution is -0.140. The Kier molecular flexibility index (Phi) is 4.29. The van der Waals surface area contributed by atoms with Crippen LogP contribution in [-0.4, -0.2) is 49.7 Å². The fourth-order valence-electron chi connectivity index (χ4n) is 2.89. The molecule has 0 aromatic heterocycles. The standard InChI is InChI=1S/C16H22N2O3/c1-18(10-12-6-4-5-9-17-12)16(19)15-11-20-13-7-2-3-8-14(13)21-15/h2-3,7-8,12,15,17H,4-6,9-11H2,1H3/t12-,15-/m1/s1. The van der Waals surface area contributed by atoms with E-state index in [-0.39, 0.29) is 12.5 Å². The average molecular weight is 290 g/mol. The smallest absolute Gasteiger partial charge is 0.267 e. The van der Waals surface area contributed by atoms with Gasteiger partial charge in [0, 0.05) is 19.6 Å². The maximum absolute atomic E-state index is 12.5. The summed E-state index contributed by atoms with van der Waals surface area (Å²) in [6.07, 6.45) is 3.04. The first kappa shape index (κ1) is 14.2. The van der Waals surface area contributed by atoms with Crippen molar-refractivity contribution >= 4 is 5.91 Å². The fourth-order valence-corrected chi connectivity index (χ4v) is 2.89. The number of carbonyl (C=O) groups excluding carboxylic acids is 1. The van der Waals surface area contributed by atoms with E-state index in [1.54, 1.807) is 4.90 Å². The van der Waals surface area contributed by atoms with Gasteiger partial charge in [0.05, 0.1) is 0 Å². The van der Waals surface area contributed by atoms with Gasteiger partial charge < -0.3 is 19.7 Å². The fraction of sp³-hybridized carbons (Fsp3) is 0.562. The lowest BCUT2D eigenvalue weighted by atomic mass is 10.0. The number of carbonyl (C=O) groups is 1. The van der Waals surface area contributed by atoms with Crippen LogP contribution in [0, 0.1) is 0 Å². The van der Waals surface area contributed by atoms with Crippen molar-refractivity contribution in [1.82, 2.24) is 10.2 Å². The van der Waals surface area contributed by atoms with Crippen molar-refractivity contribution in [2.24, 2.45) is 0 Å². The summed E-state index contributed by atoms with van der Waals surface area (Å²) in [6.45, 7) is 2.04. The Morgan fingerprint density at radius 3 is 2.90 bits per heavy atom. The molecule has 0 saturated carbocycles. The predicted molar refractivity (Wildman–Crippen MR) is 79.6 cm³/mol. The van der Waals surface area contributed by atoms with Crippen LogP contribution in [0.2, 0.25) is 0 Å². The number of amides is 1. The number of piperidine rings is 1. The third kappa shape index (κ3) is 3.29. The molecule has 1 amide bonds. The number of fused-ring (bicyclic) bond motifs is 1. The molecule has 5 nitrogen and oxygen atoms in total. The molecular weight excluding hydrogens is 268 g/mol. The number of rotatable bonds is 3. The van der Waals surface area contributed by atoms with Crippen LogP contribution in [0.25, 0.3) is 0 Å². The van der Waals surface area contributed by atoms with Crippen molar-refractivity contribution in [2.45, 2.75) is 31.4 Å². The van der Waals surface area contributed by atoms with Crippen molar-refractivity contribution in [1.29, 1.82) is 0 Å². The summed E-state index contributed by atoms with van der Waals surface area (Å²) >= 11 is 0. The minimum absolute atomic E-state index is 0.0168. The quantitative estimate of drug-likeness (QED) is 0.915. The summed E-state index contributed by atoms with van der Waals surface area (Å²) in [4.78, 5) is 14.2. The predicted octanol–water partition coefficient (Wildman–Crippen LogP) is 1.43. The molecule has 0 bridgehead atoms. The Labute approximate surface area is 125 Å². The second-order valence-electron chi connectivity index (χ2n) is 5.73. The maximum atomic E-state index is 12.5. The number of benzene rings is 1. The normalized spacial score (nSPS) is 24.4. The highest BCUT2D eigenvalue weighted by atomic mass is 16.6. The number of hydrogen-bond acceptors (Lipinski definition) is 4. The van der Waals surface area contributed by atoms with Crippen LogP contribution in [0.4, 0.5) is 0 Å². The van der Waals surface area contributed by atoms with E-state index in [1.165, 1.54) is 12.8 Å². The average Bonchev–Trinajstić information content (AvgIpc) is 2.54. The van der Waals surface area contributed by atoms with Crippen LogP contribution in [0.1, 0.15) is 19.3 Å². The molecule has 1 aromatic carbocycles. The lowest BCUT2D eigenvalue weighted by Gasteiger charge is -2.32. The zero-order chi connectivity index (χ0) is 14.7. The Morgan fingerprint density at radius 1 is 1.33 bits per heavy atom. The van der Waals surface area contributed by atoms with Crippen molar-refractivity contribution in [3.05, 3.63) is 24.3 Å². The van der Waals surface area contributed by atoms with Gasteiger partial charge in [0.25, 0.3) is 5.91 Å². The summed E-state index contributed by atoms with van der Waals surface area (Å²) < 4.78 is 11.4. The number of hydrogen-bond donors (Lipinski definition) is 1. The molecule has 1 saturated heterocycles. The molecule has 1 N–H and O–H groups in total. The van der Waals surface area contributed by atoms with E-state index >= 15 is 0 Å². The number of likely N-dealkylation sites (N-methyl/N-ethyl adjacent to an activating group) is 1. The molecule has 3 rings (SSSR count). The number of para-hydroxylation sites is 2. The van der Waals surface area contributed by atoms with Crippen LogP contribution >= 0.6 is 0 Å². The molecule has 21 heavy (non-hydrogen) atoms. The van der Waals surface area contributed by atoms with E-state index in [0.29, 0.717) is 17.5 Å². The second kappa shape index (κ2) is 6.35. The Morgan fingerprint density at radius 2 is 2.14 bits per heavy atom. The molecule has 2 aliphatic rings. The van der Waals surface area contributed by atoms with E-state index in [2.05, 4.69) is 5.32 Å². The molecule has 1 fully saturated rings. The van der Waals surface area contributed by atoms with E-state index in [0.717, 1.165) is 19.5 Å². The second-order valence-corrected chi connectivity index (χ2v) is 5.73. The van der Waals surface area contributed by atoms with Crippen LogP contribution in [0.5, 0.6) is 11.5 Å². The van der Waals surface area contributed by atoms with Gasteiger partial charge in [-0.05, 0) is 31.5 Å². The highest BCUT2D eigenvalue weighted by Gasteiger charge is 2.30. The highest BCUT2D eigenvalue weighted by Crippen LogP contribution is 2.31. The topological polar surface area (TPSA) is 50.8 Å². The molecule has 0 aliphatic carbocycles. The molecule has 2 aliphatic heterocycles. The number of nitrogens with one attached hydrogen (secondary N) is 1. The SMILES string of the molecule is CN(C[C@H]1CCCCN1)C(=O)[C@H]1COc2ccccc2O1. The van der Waals surface area contributed by atoms with Gasteiger partial charge in [0.1, 0.15) is 6.61 Å². The molecule has 2 heterocycles.